The van der Waals surface area contributed by atoms with Gasteiger partial charge >= 0.3 is 6.09 Å². The fourth-order valence-electron chi connectivity index (χ4n) is 2.39. The zero-order chi connectivity index (χ0) is 11.4. The van der Waals surface area contributed by atoms with E-state index in [2.05, 4.69) is 10.2 Å². The molecule has 2 heterocycles. The second-order valence-electron chi connectivity index (χ2n) is 4.35. The molecule has 2 fully saturated rings. The molecule has 2 saturated heterocycles. The number of amides is 1. The number of hydrogen-bond acceptors (Lipinski definition) is 4. The summed E-state index contributed by atoms with van der Waals surface area (Å²) in [4.78, 5) is 13.6. The molecule has 2 atom stereocenters. The number of hydrogen-bond donors (Lipinski definition) is 1. The van der Waals surface area contributed by atoms with E-state index < -0.39 is 0 Å². The van der Waals surface area contributed by atoms with Crippen molar-refractivity contribution in [2.75, 3.05) is 32.8 Å². The minimum Gasteiger partial charge on any atom is -0.450 e. The molecule has 0 aromatic carbocycles. The average Bonchev–Trinajstić information content (AvgIpc) is 2.74. The Morgan fingerprint density at radius 1 is 1.62 bits per heavy atom. The summed E-state index contributed by atoms with van der Waals surface area (Å²) >= 11 is 0. The number of carbonyl (C=O) groups excluding carboxylic acids is 1. The number of rotatable bonds is 3. The normalized spacial score (nSPS) is 29.8. The van der Waals surface area contributed by atoms with Crippen molar-refractivity contribution in [1.82, 2.24) is 10.2 Å². The van der Waals surface area contributed by atoms with Crippen LogP contribution in [-0.2, 0) is 9.47 Å². The van der Waals surface area contributed by atoms with Gasteiger partial charge in [0.25, 0.3) is 0 Å². The molecule has 0 radical (unpaired) electrons. The van der Waals surface area contributed by atoms with Gasteiger partial charge in [-0.25, -0.2) is 4.79 Å². The van der Waals surface area contributed by atoms with Crippen LogP contribution < -0.4 is 5.32 Å². The lowest BCUT2D eigenvalue weighted by Gasteiger charge is -2.35. The molecule has 5 nitrogen and oxygen atoms in total. The van der Waals surface area contributed by atoms with E-state index in [9.17, 15) is 4.79 Å². The van der Waals surface area contributed by atoms with Gasteiger partial charge in [-0.15, -0.1) is 0 Å². The maximum atomic E-state index is 11.1. The first-order valence-electron chi connectivity index (χ1n) is 6.06. The van der Waals surface area contributed by atoms with Gasteiger partial charge in [0.2, 0.25) is 0 Å². The summed E-state index contributed by atoms with van der Waals surface area (Å²) in [6, 6.07) is 0.610. The first kappa shape index (κ1) is 11.7. The van der Waals surface area contributed by atoms with E-state index in [1.54, 1.807) is 6.92 Å². The van der Waals surface area contributed by atoms with Gasteiger partial charge in [0.1, 0.15) is 0 Å². The lowest BCUT2D eigenvalue weighted by molar-refractivity contribution is -0.0466. The maximum absolute atomic E-state index is 11.1. The van der Waals surface area contributed by atoms with Gasteiger partial charge in [0.05, 0.1) is 19.3 Å². The van der Waals surface area contributed by atoms with E-state index in [0.717, 1.165) is 13.2 Å². The number of morpholine rings is 1. The predicted octanol–water partition coefficient (Wildman–Crippen LogP) is 0.596. The lowest BCUT2D eigenvalue weighted by atomic mass is 10.2. The van der Waals surface area contributed by atoms with Crippen molar-refractivity contribution in [1.29, 1.82) is 0 Å². The number of carbonyl (C=O) groups is 1. The highest BCUT2D eigenvalue weighted by atomic mass is 16.5. The van der Waals surface area contributed by atoms with Gasteiger partial charge in [-0.3, -0.25) is 4.90 Å². The summed E-state index contributed by atoms with van der Waals surface area (Å²) in [5.74, 6) is 0. The van der Waals surface area contributed by atoms with Crippen LogP contribution >= 0.6 is 0 Å². The highest BCUT2D eigenvalue weighted by Gasteiger charge is 2.32. The van der Waals surface area contributed by atoms with Crippen LogP contribution in [0.1, 0.15) is 19.8 Å². The standard InChI is InChI=1S/C11H20N2O3/c1-2-15-11(14)12-6-10-7-13-5-3-4-9(13)8-16-10/h9-10H,2-8H2,1H3,(H,12,14). The molecule has 5 heteroatoms. The summed E-state index contributed by atoms with van der Waals surface area (Å²) in [6.45, 7) is 5.65. The molecule has 2 rings (SSSR count). The molecule has 0 aromatic rings. The van der Waals surface area contributed by atoms with Gasteiger partial charge < -0.3 is 14.8 Å². The number of ether oxygens (including phenoxy) is 2. The maximum Gasteiger partial charge on any atom is 0.407 e. The molecule has 0 spiro atoms. The molecule has 2 aliphatic rings. The van der Waals surface area contributed by atoms with E-state index in [0.29, 0.717) is 19.2 Å². The van der Waals surface area contributed by atoms with Crippen molar-refractivity contribution in [2.24, 2.45) is 0 Å². The minimum absolute atomic E-state index is 0.110. The molecule has 0 saturated carbocycles. The second kappa shape index (κ2) is 5.50. The Labute approximate surface area is 96.1 Å². The molecule has 1 N–H and O–H groups in total. The topological polar surface area (TPSA) is 50.8 Å². The van der Waals surface area contributed by atoms with Crippen LogP contribution in [0.15, 0.2) is 0 Å². The third-order valence-corrected chi connectivity index (χ3v) is 3.21. The Balaban J connectivity index is 1.69. The van der Waals surface area contributed by atoms with Gasteiger partial charge in [-0.2, -0.15) is 0 Å². The third-order valence-electron chi connectivity index (χ3n) is 3.21. The Kier molecular flexibility index (Phi) is 4.01. The van der Waals surface area contributed by atoms with Gasteiger partial charge in [0, 0.05) is 19.1 Å². The minimum atomic E-state index is -0.352. The molecule has 2 unspecified atom stereocenters. The van der Waals surface area contributed by atoms with Crippen LogP contribution in [0.25, 0.3) is 0 Å². The molecule has 2 aliphatic heterocycles. The monoisotopic (exact) mass is 228 g/mol. The fourth-order valence-corrected chi connectivity index (χ4v) is 2.39. The third kappa shape index (κ3) is 2.86. The second-order valence-corrected chi connectivity index (χ2v) is 4.35. The van der Waals surface area contributed by atoms with Crippen LogP contribution in [0.2, 0.25) is 0 Å². The molecule has 0 aliphatic carbocycles. The smallest absolute Gasteiger partial charge is 0.407 e. The van der Waals surface area contributed by atoms with E-state index >= 15 is 0 Å². The van der Waals surface area contributed by atoms with Crippen molar-refractivity contribution < 1.29 is 14.3 Å². The number of nitrogens with one attached hydrogen (secondary N) is 1. The molecule has 92 valence electrons. The molecule has 16 heavy (non-hydrogen) atoms. The molecule has 1 amide bonds. The Morgan fingerprint density at radius 3 is 3.31 bits per heavy atom. The number of nitrogens with zero attached hydrogens (tertiary/aromatic N) is 1. The van der Waals surface area contributed by atoms with Crippen molar-refractivity contribution in [3.63, 3.8) is 0 Å². The van der Waals surface area contributed by atoms with Crippen LogP contribution in [0.4, 0.5) is 4.79 Å². The van der Waals surface area contributed by atoms with Crippen molar-refractivity contribution in [2.45, 2.75) is 31.9 Å². The fraction of sp³-hybridized carbons (Fsp3) is 0.909. The van der Waals surface area contributed by atoms with Crippen LogP contribution in [0, 0.1) is 0 Å². The summed E-state index contributed by atoms with van der Waals surface area (Å²) in [6.07, 6.45) is 2.28. The predicted molar refractivity (Wildman–Crippen MR) is 59.4 cm³/mol. The van der Waals surface area contributed by atoms with E-state index in [1.165, 1.54) is 19.4 Å². The zero-order valence-electron chi connectivity index (χ0n) is 9.78. The summed E-state index contributed by atoms with van der Waals surface area (Å²) in [7, 11) is 0. The van der Waals surface area contributed by atoms with E-state index in [1.807, 2.05) is 0 Å². The first-order valence-corrected chi connectivity index (χ1v) is 6.06. The SMILES string of the molecule is CCOC(=O)NCC1CN2CCCC2CO1. The first-order chi connectivity index (χ1) is 7.79. The number of alkyl carbamates (subject to hydrolysis) is 1. The van der Waals surface area contributed by atoms with Crippen LogP contribution in [0.5, 0.6) is 0 Å². The number of fused-ring (bicyclic) bond motifs is 1. The van der Waals surface area contributed by atoms with E-state index in [-0.39, 0.29) is 12.2 Å². The molecular formula is C11H20N2O3. The van der Waals surface area contributed by atoms with Crippen molar-refractivity contribution >= 4 is 6.09 Å². The summed E-state index contributed by atoms with van der Waals surface area (Å²) < 4.78 is 10.5. The lowest BCUT2D eigenvalue weighted by Crippen LogP contribution is -2.50. The highest BCUT2D eigenvalue weighted by Crippen LogP contribution is 2.22. The largest absolute Gasteiger partial charge is 0.450 e. The molecule has 0 aromatic heterocycles. The quantitative estimate of drug-likeness (QED) is 0.768. The van der Waals surface area contributed by atoms with Gasteiger partial charge in [-0.05, 0) is 26.3 Å². The Bertz CT molecular complexity index is 247. The van der Waals surface area contributed by atoms with Crippen LogP contribution in [-0.4, -0.2) is 56.0 Å². The Hall–Kier alpha value is -0.810. The summed E-state index contributed by atoms with van der Waals surface area (Å²) in [5, 5.41) is 2.72. The highest BCUT2D eigenvalue weighted by molar-refractivity contribution is 5.67. The Morgan fingerprint density at radius 2 is 2.50 bits per heavy atom. The van der Waals surface area contributed by atoms with Crippen molar-refractivity contribution in [3.8, 4) is 0 Å². The van der Waals surface area contributed by atoms with Gasteiger partial charge in [-0.1, -0.05) is 0 Å². The molecule has 0 bridgehead atoms. The summed E-state index contributed by atoms with van der Waals surface area (Å²) in [5.41, 5.74) is 0. The zero-order valence-corrected chi connectivity index (χ0v) is 9.78. The molecular weight excluding hydrogens is 208 g/mol. The van der Waals surface area contributed by atoms with Crippen molar-refractivity contribution in [3.05, 3.63) is 0 Å². The van der Waals surface area contributed by atoms with Gasteiger partial charge in [0.15, 0.2) is 0 Å². The van der Waals surface area contributed by atoms with Crippen LogP contribution in [0.3, 0.4) is 0 Å². The average molecular weight is 228 g/mol. The van der Waals surface area contributed by atoms with E-state index in [4.69, 9.17) is 9.47 Å².